The maximum atomic E-state index is 2.48. The molecule has 0 spiro atoms. The molecular formula is C25H52. The Balaban J connectivity index is 3.16. The van der Waals surface area contributed by atoms with Crippen molar-refractivity contribution in [3.8, 4) is 0 Å². The third-order valence-electron chi connectivity index (χ3n) is 6.14. The summed E-state index contributed by atoms with van der Waals surface area (Å²) >= 11 is 0. The van der Waals surface area contributed by atoms with E-state index in [1.807, 2.05) is 0 Å². The summed E-state index contributed by atoms with van der Waals surface area (Å²) in [5.41, 5.74) is 0. The lowest BCUT2D eigenvalue weighted by atomic mass is 9.95. The zero-order valence-electron chi connectivity index (χ0n) is 18.6. The topological polar surface area (TPSA) is 0 Å². The number of hydrogen-bond acceptors (Lipinski definition) is 0. The van der Waals surface area contributed by atoms with E-state index in [1.54, 1.807) is 0 Å². The maximum Gasteiger partial charge on any atom is -0.0443 e. The number of hydrogen-bond donors (Lipinski definition) is 0. The quantitative estimate of drug-likeness (QED) is 0.191. The summed E-state index contributed by atoms with van der Waals surface area (Å²) < 4.78 is 0. The molecule has 0 nitrogen and oxygen atoms in total. The van der Waals surface area contributed by atoms with Crippen LogP contribution < -0.4 is 0 Å². The van der Waals surface area contributed by atoms with Crippen LogP contribution >= 0.6 is 0 Å². The lowest BCUT2D eigenvalue weighted by molar-refractivity contribution is 0.428. The van der Waals surface area contributed by atoms with Crippen molar-refractivity contribution >= 4 is 0 Å². The van der Waals surface area contributed by atoms with Crippen LogP contribution in [0.25, 0.3) is 0 Å². The van der Waals surface area contributed by atoms with Crippen molar-refractivity contribution in [1.29, 1.82) is 0 Å². The van der Waals surface area contributed by atoms with Crippen molar-refractivity contribution in [2.75, 3.05) is 0 Å². The van der Waals surface area contributed by atoms with E-state index in [0.29, 0.717) is 0 Å². The van der Waals surface area contributed by atoms with Crippen molar-refractivity contribution in [1.82, 2.24) is 0 Å². The van der Waals surface area contributed by atoms with Gasteiger partial charge in [-0.1, -0.05) is 150 Å². The first-order chi connectivity index (χ1) is 12.2. The summed E-state index contributed by atoms with van der Waals surface area (Å²) in [5, 5.41) is 0. The van der Waals surface area contributed by atoms with E-state index in [9.17, 15) is 0 Å². The SMILES string of the molecule is CCCCCCCCCCC(C)CCCCCCCCCC(C)CC. The molecule has 0 radical (unpaired) electrons. The van der Waals surface area contributed by atoms with Crippen molar-refractivity contribution < 1.29 is 0 Å². The molecule has 152 valence electrons. The van der Waals surface area contributed by atoms with Gasteiger partial charge in [0.15, 0.2) is 0 Å². The molecule has 0 N–H and O–H groups in total. The number of rotatable bonds is 20. The van der Waals surface area contributed by atoms with Crippen molar-refractivity contribution in [3.63, 3.8) is 0 Å². The molecule has 0 heteroatoms. The van der Waals surface area contributed by atoms with Gasteiger partial charge in [-0.15, -0.1) is 0 Å². The molecule has 0 rings (SSSR count). The molecule has 0 aromatic rings. The first-order valence-corrected chi connectivity index (χ1v) is 12.2. The number of unbranched alkanes of at least 4 members (excludes halogenated alkanes) is 13. The molecule has 0 saturated carbocycles. The Bertz CT molecular complexity index is 232. The molecule has 0 fully saturated rings. The first-order valence-electron chi connectivity index (χ1n) is 12.2. The molecule has 0 aliphatic heterocycles. The molecule has 2 unspecified atom stereocenters. The van der Waals surface area contributed by atoms with Crippen LogP contribution in [0.1, 0.15) is 150 Å². The second kappa shape index (κ2) is 20.3. The van der Waals surface area contributed by atoms with E-state index in [0.717, 1.165) is 11.8 Å². The van der Waals surface area contributed by atoms with Gasteiger partial charge in [0, 0.05) is 0 Å². The molecule has 25 heavy (non-hydrogen) atoms. The van der Waals surface area contributed by atoms with Gasteiger partial charge in [0.2, 0.25) is 0 Å². The Morgan fingerprint density at radius 2 is 0.720 bits per heavy atom. The standard InChI is InChI=1S/C25H52/c1-5-7-8-9-10-12-16-19-22-25(4)23-20-17-14-11-13-15-18-21-24(3)6-2/h24-25H,5-23H2,1-4H3. The fraction of sp³-hybridized carbons (Fsp3) is 1.00. The highest BCUT2D eigenvalue weighted by Crippen LogP contribution is 2.19. The third-order valence-corrected chi connectivity index (χ3v) is 6.14. The summed E-state index contributed by atoms with van der Waals surface area (Å²) in [4.78, 5) is 0. The Morgan fingerprint density at radius 3 is 1.08 bits per heavy atom. The summed E-state index contributed by atoms with van der Waals surface area (Å²) in [7, 11) is 0. The molecule has 0 aliphatic rings. The molecule has 2 atom stereocenters. The van der Waals surface area contributed by atoms with Gasteiger partial charge in [0.05, 0.1) is 0 Å². The second-order valence-corrected chi connectivity index (χ2v) is 8.93. The first kappa shape index (κ1) is 25.0. The highest BCUT2D eigenvalue weighted by molar-refractivity contribution is 4.56. The second-order valence-electron chi connectivity index (χ2n) is 8.93. The molecule has 0 heterocycles. The Kier molecular flexibility index (Phi) is 20.3. The van der Waals surface area contributed by atoms with E-state index < -0.39 is 0 Å². The van der Waals surface area contributed by atoms with Crippen molar-refractivity contribution in [2.45, 2.75) is 150 Å². The van der Waals surface area contributed by atoms with Gasteiger partial charge < -0.3 is 0 Å². The van der Waals surface area contributed by atoms with Gasteiger partial charge in [-0.05, 0) is 11.8 Å². The van der Waals surface area contributed by atoms with Crippen LogP contribution in [-0.4, -0.2) is 0 Å². The van der Waals surface area contributed by atoms with Crippen molar-refractivity contribution in [2.24, 2.45) is 11.8 Å². The van der Waals surface area contributed by atoms with Gasteiger partial charge in [-0.25, -0.2) is 0 Å². The molecule has 0 aromatic carbocycles. The van der Waals surface area contributed by atoms with Crippen LogP contribution in [0.2, 0.25) is 0 Å². The smallest absolute Gasteiger partial charge is 0.0443 e. The van der Waals surface area contributed by atoms with Gasteiger partial charge in [-0.3, -0.25) is 0 Å². The average molecular weight is 353 g/mol. The van der Waals surface area contributed by atoms with E-state index in [4.69, 9.17) is 0 Å². The lowest BCUT2D eigenvalue weighted by Crippen LogP contribution is -1.95. The van der Waals surface area contributed by atoms with Gasteiger partial charge in [0.25, 0.3) is 0 Å². The minimum Gasteiger partial charge on any atom is -0.0654 e. The monoisotopic (exact) mass is 352 g/mol. The van der Waals surface area contributed by atoms with Gasteiger partial charge in [-0.2, -0.15) is 0 Å². The highest BCUT2D eigenvalue weighted by Gasteiger charge is 2.02. The zero-order valence-corrected chi connectivity index (χ0v) is 18.6. The van der Waals surface area contributed by atoms with E-state index in [1.165, 1.54) is 122 Å². The molecule has 0 amide bonds. The molecule has 0 saturated heterocycles. The highest BCUT2D eigenvalue weighted by atomic mass is 14.1. The molecule has 0 bridgehead atoms. The Labute approximate surface area is 161 Å². The Hall–Kier alpha value is 0. The predicted molar refractivity (Wildman–Crippen MR) is 117 cm³/mol. The van der Waals surface area contributed by atoms with E-state index in [-0.39, 0.29) is 0 Å². The van der Waals surface area contributed by atoms with Crippen molar-refractivity contribution in [3.05, 3.63) is 0 Å². The molecular weight excluding hydrogens is 300 g/mol. The maximum absolute atomic E-state index is 2.48. The fourth-order valence-corrected chi connectivity index (χ4v) is 3.84. The van der Waals surface area contributed by atoms with Crippen LogP contribution in [-0.2, 0) is 0 Å². The lowest BCUT2D eigenvalue weighted by Gasteiger charge is -2.11. The summed E-state index contributed by atoms with van der Waals surface area (Å²) in [5.74, 6) is 1.91. The Morgan fingerprint density at radius 1 is 0.400 bits per heavy atom. The van der Waals surface area contributed by atoms with Crippen LogP contribution in [0.15, 0.2) is 0 Å². The van der Waals surface area contributed by atoms with Crippen LogP contribution in [0.3, 0.4) is 0 Å². The predicted octanol–water partition coefficient (Wildman–Crippen LogP) is 9.71. The van der Waals surface area contributed by atoms with Crippen LogP contribution in [0.5, 0.6) is 0 Å². The van der Waals surface area contributed by atoms with E-state index >= 15 is 0 Å². The molecule has 0 aromatic heterocycles. The summed E-state index contributed by atoms with van der Waals surface area (Å²) in [6, 6.07) is 0. The zero-order chi connectivity index (χ0) is 18.6. The van der Waals surface area contributed by atoms with Crippen LogP contribution in [0.4, 0.5) is 0 Å². The van der Waals surface area contributed by atoms with Crippen LogP contribution in [0, 0.1) is 11.8 Å². The van der Waals surface area contributed by atoms with E-state index in [2.05, 4.69) is 27.7 Å². The average Bonchev–Trinajstić information content (AvgIpc) is 2.62. The summed E-state index contributed by atoms with van der Waals surface area (Å²) in [6.07, 6.45) is 27.8. The largest absolute Gasteiger partial charge is 0.0654 e. The summed E-state index contributed by atoms with van der Waals surface area (Å²) in [6.45, 7) is 9.50. The minimum atomic E-state index is 0.947. The third kappa shape index (κ3) is 20.2. The fourth-order valence-electron chi connectivity index (χ4n) is 3.84. The molecule has 0 aliphatic carbocycles. The normalized spacial score (nSPS) is 13.9. The van der Waals surface area contributed by atoms with Gasteiger partial charge >= 0.3 is 0 Å². The van der Waals surface area contributed by atoms with Gasteiger partial charge in [0.1, 0.15) is 0 Å². The minimum absolute atomic E-state index is 0.947.